The van der Waals surface area contributed by atoms with Gasteiger partial charge in [-0.05, 0) is 38.5 Å². The van der Waals surface area contributed by atoms with Gasteiger partial charge in [-0.2, -0.15) is 5.10 Å². The van der Waals surface area contributed by atoms with Crippen molar-refractivity contribution in [2.75, 3.05) is 13.1 Å². The predicted molar refractivity (Wildman–Crippen MR) is 79.2 cm³/mol. The Hall–Kier alpha value is -0.940. The van der Waals surface area contributed by atoms with Crippen molar-refractivity contribution >= 4 is 0 Å². The minimum atomic E-state index is 0.655. The highest BCUT2D eigenvalue weighted by atomic mass is 15.3. The summed E-state index contributed by atoms with van der Waals surface area (Å²) in [6.45, 7) is 7.95. The largest absolute Gasteiger partial charge is 0.306 e. The SMILES string of the molecule is CC(C)N1CC2CCCC(C1)C2NCc1ncn(C)n1. The quantitative estimate of drug-likeness (QED) is 0.904. The Bertz CT molecular complexity index is 427. The smallest absolute Gasteiger partial charge is 0.164 e. The van der Waals surface area contributed by atoms with Crippen LogP contribution >= 0.6 is 0 Å². The number of aryl methyl sites for hydroxylation is 1. The monoisotopic (exact) mass is 277 g/mol. The normalized spacial score (nSPS) is 30.9. The topological polar surface area (TPSA) is 46.0 Å². The van der Waals surface area contributed by atoms with Crippen LogP contribution in [-0.4, -0.2) is 44.8 Å². The fourth-order valence-corrected chi connectivity index (χ4v) is 3.90. The van der Waals surface area contributed by atoms with Crippen molar-refractivity contribution in [2.24, 2.45) is 18.9 Å². The molecule has 0 amide bonds. The summed E-state index contributed by atoms with van der Waals surface area (Å²) in [5.41, 5.74) is 0. The molecule has 0 spiro atoms. The van der Waals surface area contributed by atoms with Crippen LogP contribution in [0.4, 0.5) is 0 Å². The van der Waals surface area contributed by atoms with E-state index in [1.807, 2.05) is 7.05 Å². The molecule has 112 valence electrons. The maximum absolute atomic E-state index is 4.36. The Balaban J connectivity index is 1.61. The van der Waals surface area contributed by atoms with Crippen LogP contribution in [0.5, 0.6) is 0 Å². The molecular weight excluding hydrogens is 250 g/mol. The molecule has 2 bridgehead atoms. The molecule has 1 aliphatic heterocycles. The molecule has 1 aromatic heterocycles. The summed E-state index contributed by atoms with van der Waals surface area (Å²) in [4.78, 5) is 6.97. The number of piperidine rings is 1. The maximum atomic E-state index is 4.36. The summed E-state index contributed by atoms with van der Waals surface area (Å²) in [5, 5.41) is 8.11. The van der Waals surface area contributed by atoms with Gasteiger partial charge in [-0.1, -0.05) is 6.42 Å². The van der Waals surface area contributed by atoms with E-state index < -0.39 is 0 Å². The van der Waals surface area contributed by atoms with E-state index in [9.17, 15) is 0 Å². The van der Waals surface area contributed by atoms with Crippen LogP contribution in [0.25, 0.3) is 0 Å². The second-order valence-corrected chi connectivity index (χ2v) is 6.74. The fourth-order valence-electron chi connectivity index (χ4n) is 3.90. The van der Waals surface area contributed by atoms with Crippen LogP contribution in [0.3, 0.4) is 0 Å². The molecule has 2 aliphatic rings. The molecule has 0 radical (unpaired) electrons. The van der Waals surface area contributed by atoms with Crippen molar-refractivity contribution in [1.29, 1.82) is 0 Å². The van der Waals surface area contributed by atoms with Crippen molar-refractivity contribution in [3.63, 3.8) is 0 Å². The molecule has 2 heterocycles. The lowest BCUT2D eigenvalue weighted by Crippen LogP contribution is -2.58. The van der Waals surface area contributed by atoms with Crippen molar-refractivity contribution < 1.29 is 0 Å². The molecule has 20 heavy (non-hydrogen) atoms. The molecule has 3 rings (SSSR count). The maximum Gasteiger partial charge on any atom is 0.164 e. The number of aromatic nitrogens is 3. The Morgan fingerprint density at radius 3 is 2.55 bits per heavy atom. The van der Waals surface area contributed by atoms with Gasteiger partial charge in [0.1, 0.15) is 6.33 Å². The zero-order valence-corrected chi connectivity index (χ0v) is 12.9. The van der Waals surface area contributed by atoms with E-state index in [1.165, 1.54) is 32.4 Å². The van der Waals surface area contributed by atoms with E-state index in [2.05, 4.69) is 34.1 Å². The van der Waals surface area contributed by atoms with Gasteiger partial charge in [0.05, 0.1) is 6.54 Å². The first kappa shape index (κ1) is 14.0. The Morgan fingerprint density at radius 1 is 1.30 bits per heavy atom. The van der Waals surface area contributed by atoms with Gasteiger partial charge < -0.3 is 10.2 Å². The minimum Gasteiger partial charge on any atom is -0.306 e. The Kier molecular flexibility index (Phi) is 4.08. The molecular formula is C15H27N5. The lowest BCUT2D eigenvalue weighted by atomic mass is 9.73. The van der Waals surface area contributed by atoms with Crippen LogP contribution in [0.15, 0.2) is 6.33 Å². The van der Waals surface area contributed by atoms with Crippen LogP contribution in [0.1, 0.15) is 38.9 Å². The molecule has 5 nitrogen and oxygen atoms in total. The predicted octanol–water partition coefficient (Wildman–Crippen LogP) is 1.41. The zero-order valence-electron chi connectivity index (χ0n) is 12.9. The van der Waals surface area contributed by atoms with Gasteiger partial charge in [0.25, 0.3) is 0 Å². The first-order chi connectivity index (χ1) is 9.63. The molecule has 2 unspecified atom stereocenters. The van der Waals surface area contributed by atoms with Gasteiger partial charge in [0.2, 0.25) is 0 Å². The second-order valence-electron chi connectivity index (χ2n) is 6.74. The lowest BCUT2D eigenvalue weighted by Gasteiger charge is -2.49. The van der Waals surface area contributed by atoms with Gasteiger partial charge in [-0.3, -0.25) is 4.68 Å². The van der Waals surface area contributed by atoms with Gasteiger partial charge in [-0.15, -0.1) is 0 Å². The van der Waals surface area contributed by atoms with Gasteiger partial charge in [0.15, 0.2) is 5.82 Å². The summed E-state index contributed by atoms with van der Waals surface area (Å²) in [6.07, 6.45) is 5.92. The summed E-state index contributed by atoms with van der Waals surface area (Å²) >= 11 is 0. The van der Waals surface area contributed by atoms with Crippen molar-refractivity contribution in [3.05, 3.63) is 12.2 Å². The molecule has 1 saturated heterocycles. The number of likely N-dealkylation sites (tertiary alicyclic amines) is 1. The van der Waals surface area contributed by atoms with Crippen LogP contribution < -0.4 is 5.32 Å². The van der Waals surface area contributed by atoms with E-state index >= 15 is 0 Å². The number of nitrogens with one attached hydrogen (secondary N) is 1. The molecule has 1 aliphatic carbocycles. The highest BCUT2D eigenvalue weighted by Crippen LogP contribution is 2.35. The van der Waals surface area contributed by atoms with E-state index in [1.54, 1.807) is 11.0 Å². The molecule has 1 aromatic rings. The van der Waals surface area contributed by atoms with Crippen molar-refractivity contribution in [2.45, 2.75) is 51.7 Å². The van der Waals surface area contributed by atoms with Crippen LogP contribution in [-0.2, 0) is 13.6 Å². The highest BCUT2D eigenvalue weighted by Gasteiger charge is 2.39. The summed E-state index contributed by atoms with van der Waals surface area (Å²) in [6, 6.07) is 1.33. The molecule has 2 atom stereocenters. The standard InChI is InChI=1S/C15H27N5/c1-11(2)20-8-12-5-4-6-13(9-20)15(12)16-7-14-17-10-19(3)18-14/h10-13,15-16H,4-9H2,1-3H3. The fraction of sp³-hybridized carbons (Fsp3) is 0.867. The van der Waals surface area contributed by atoms with E-state index in [4.69, 9.17) is 0 Å². The minimum absolute atomic E-state index is 0.655. The average molecular weight is 277 g/mol. The van der Waals surface area contributed by atoms with Gasteiger partial charge >= 0.3 is 0 Å². The summed E-state index contributed by atoms with van der Waals surface area (Å²) in [5.74, 6) is 2.51. The van der Waals surface area contributed by atoms with Crippen molar-refractivity contribution in [1.82, 2.24) is 25.0 Å². The van der Waals surface area contributed by atoms with Crippen LogP contribution in [0, 0.1) is 11.8 Å². The highest BCUT2D eigenvalue weighted by molar-refractivity contribution is 4.96. The van der Waals surface area contributed by atoms with E-state index in [0.717, 1.165) is 24.2 Å². The zero-order chi connectivity index (χ0) is 14.1. The summed E-state index contributed by atoms with van der Waals surface area (Å²) in [7, 11) is 1.92. The number of hydrogen-bond donors (Lipinski definition) is 1. The van der Waals surface area contributed by atoms with E-state index in [0.29, 0.717) is 12.1 Å². The second kappa shape index (κ2) is 5.82. The van der Waals surface area contributed by atoms with Crippen LogP contribution in [0.2, 0.25) is 0 Å². The third kappa shape index (κ3) is 2.88. The molecule has 2 fully saturated rings. The van der Waals surface area contributed by atoms with E-state index in [-0.39, 0.29) is 0 Å². The van der Waals surface area contributed by atoms with Gasteiger partial charge in [-0.25, -0.2) is 4.98 Å². The molecule has 1 saturated carbocycles. The first-order valence-corrected chi connectivity index (χ1v) is 7.95. The first-order valence-electron chi connectivity index (χ1n) is 7.95. The molecule has 5 heteroatoms. The Labute approximate surface area is 121 Å². The van der Waals surface area contributed by atoms with Gasteiger partial charge in [0, 0.05) is 32.2 Å². The Morgan fingerprint density at radius 2 is 2.00 bits per heavy atom. The third-order valence-corrected chi connectivity index (χ3v) is 4.98. The summed E-state index contributed by atoms with van der Waals surface area (Å²) < 4.78 is 1.78. The lowest BCUT2D eigenvalue weighted by molar-refractivity contribution is 0.0287. The number of nitrogens with zero attached hydrogens (tertiary/aromatic N) is 4. The molecule has 1 N–H and O–H groups in total. The average Bonchev–Trinajstić information content (AvgIpc) is 2.81. The number of fused-ring (bicyclic) bond motifs is 2. The number of rotatable bonds is 4. The number of hydrogen-bond acceptors (Lipinski definition) is 4. The molecule has 0 aromatic carbocycles. The van der Waals surface area contributed by atoms with Crippen molar-refractivity contribution in [3.8, 4) is 0 Å². The third-order valence-electron chi connectivity index (χ3n) is 4.98.